The first-order valence-electron chi connectivity index (χ1n) is 5.74. The molecule has 1 aromatic carbocycles. The summed E-state index contributed by atoms with van der Waals surface area (Å²) in [5, 5.41) is 10.8. The van der Waals surface area contributed by atoms with Crippen LogP contribution in [-0.4, -0.2) is 15.5 Å². The Hall–Kier alpha value is -1.64. The summed E-state index contributed by atoms with van der Waals surface area (Å²) in [6.45, 7) is 0. The number of nitrogens with one attached hydrogen (secondary N) is 1. The summed E-state index contributed by atoms with van der Waals surface area (Å²) in [5.74, 6) is 0. The standard InChI is InChI=1S/C10H10F3N2O5P/c11-10(12,13)6-1-4-8(9(5-6)15(16)17)14-20-21(18,19)7-2-3-7/h1,4-5,7,14H,2-3H2,(H,18,19). The van der Waals surface area contributed by atoms with Crippen molar-refractivity contribution in [2.24, 2.45) is 0 Å². The highest BCUT2D eigenvalue weighted by molar-refractivity contribution is 7.54. The number of halogens is 3. The second-order valence-electron chi connectivity index (χ2n) is 4.48. The molecule has 21 heavy (non-hydrogen) atoms. The van der Waals surface area contributed by atoms with Crippen molar-refractivity contribution in [3.05, 3.63) is 33.9 Å². The van der Waals surface area contributed by atoms with Gasteiger partial charge in [0.2, 0.25) is 0 Å². The van der Waals surface area contributed by atoms with Gasteiger partial charge in [-0.25, -0.2) is 0 Å². The molecule has 0 bridgehead atoms. The van der Waals surface area contributed by atoms with E-state index in [0.29, 0.717) is 25.0 Å². The van der Waals surface area contributed by atoms with Crippen molar-refractivity contribution in [2.75, 3.05) is 5.48 Å². The van der Waals surface area contributed by atoms with E-state index in [9.17, 15) is 32.7 Å². The highest BCUT2D eigenvalue weighted by Gasteiger charge is 2.42. The van der Waals surface area contributed by atoms with Gasteiger partial charge in [-0.05, 0) is 25.0 Å². The summed E-state index contributed by atoms with van der Waals surface area (Å²) < 4.78 is 53.6. The van der Waals surface area contributed by atoms with E-state index in [2.05, 4.69) is 4.62 Å². The maximum Gasteiger partial charge on any atom is 0.416 e. The first-order valence-corrected chi connectivity index (χ1v) is 7.38. The van der Waals surface area contributed by atoms with Crippen molar-refractivity contribution in [1.29, 1.82) is 0 Å². The van der Waals surface area contributed by atoms with Gasteiger partial charge in [-0.1, -0.05) is 0 Å². The molecule has 1 aliphatic carbocycles. The molecule has 0 saturated heterocycles. The smallest absolute Gasteiger partial charge is 0.323 e. The predicted octanol–water partition coefficient (Wildman–Crippen LogP) is 3.30. The first-order chi connectivity index (χ1) is 9.61. The minimum Gasteiger partial charge on any atom is -0.323 e. The number of nitro groups is 1. The molecule has 0 heterocycles. The molecule has 0 radical (unpaired) electrons. The van der Waals surface area contributed by atoms with Gasteiger partial charge in [0, 0.05) is 6.07 Å². The molecule has 1 aliphatic rings. The van der Waals surface area contributed by atoms with Crippen molar-refractivity contribution in [3.8, 4) is 0 Å². The molecule has 1 fully saturated rings. The molecule has 7 nitrogen and oxygen atoms in total. The van der Waals surface area contributed by atoms with Gasteiger partial charge in [0.05, 0.1) is 16.1 Å². The van der Waals surface area contributed by atoms with Gasteiger partial charge in [0.1, 0.15) is 5.69 Å². The topological polar surface area (TPSA) is 102 Å². The fourth-order valence-electron chi connectivity index (χ4n) is 1.54. The zero-order valence-corrected chi connectivity index (χ0v) is 11.2. The molecule has 1 saturated carbocycles. The van der Waals surface area contributed by atoms with E-state index in [1.54, 1.807) is 0 Å². The maximum absolute atomic E-state index is 12.5. The third-order valence-electron chi connectivity index (χ3n) is 2.82. The number of alkyl halides is 3. The molecular weight excluding hydrogens is 316 g/mol. The largest absolute Gasteiger partial charge is 0.416 e. The van der Waals surface area contributed by atoms with E-state index in [1.165, 1.54) is 0 Å². The number of hydrogen-bond donors (Lipinski definition) is 2. The molecule has 11 heteroatoms. The van der Waals surface area contributed by atoms with Gasteiger partial charge < -0.3 is 4.89 Å². The Morgan fingerprint density at radius 3 is 2.52 bits per heavy atom. The van der Waals surface area contributed by atoms with Gasteiger partial charge in [0.25, 0.3) is 5.69 Å². The van der Waals surface area contributed by atoms with E-state index >= 15 is 0 Å². The van der Waals surface area contributed by atoms with E-state index in [1.807, 2.05) is 5.48 Å². The van der Waals surface area contributed by atoms with Crippen LogP contribution in [0.3, 0.4) is 0 Å². The minimum absolute atomic E-state index is 0.325. The number of benzene rings is 1. The summed E-state index contributed by atoms with van der Waals surface area (Å²) in [6, 6.07) is 1.71. The molecule has 1 unspecified atom stereocenters. The summed E-state index contributed by atoms with van der Waals surface area (Å²) in [6.07, 6.45) is -3.75. The van der Waals surface area contributed by atoms with E-state index in [-0.39, 0.29) is 0 Å². The van der Waals surface area contributed by atoms with Crippen LogP contribution in [0.2, 0.25) is 0 Å². The third kappa shape index (κ3) is 3.72. The van der Waals surface area contributed by atoms with E-state index in [0.717, 1.165) is 6.07 Å². The van der Waals surface area contributed by atoms with Crippen molar-refractivity contribution in [3.63, 3.8) is 0 Å². The first kappa shape index (κ1) is 15.7. The van der Waals surface area contributed by atoms with Crippen LogP contribution in [0.15, 0.2) is 18.2 Å². The second-order valence-corrected chi connectivity index (χ2v) is 6.52. The SMILES string of the molecule is O=[N+]([O-])c1cc(C(F)(F)F)ccc1NOP(=O)(O)C1CC1. The molecule has 0 spiro atoms. The van der Waals surface area contributed by atoms with E-state index < -0.39 is 41.3 Å². The van der Waals surface area contributed by atoms with Crippen molar-refractivity contribution >= 4 is 19.0 Å². The van der Waals surface area contributed by atoms with Crippen LogP contribution in [0.1, 0.15) is 18.4 Å². The Bertz CT molecular complexity index is 617. The van der Waals surface area contributed by atoms with Gasteiger partial charge in [-0.3, -0.25) is 20.2 Å². The highest BCUT2D eigenvalue weighted by Crippen LogP contribution is 2.58. The average molecular weight is 326 g/mol. The molecule has 116 valence electrons. The van der Waals surface area contributed by atoms with Crippen LogP contribution >= 0.6 is 7.60 Å². The lowest BCUT2D eigenvalue weighted by molar-refractivity contribution is -0.384. The number of anilines is 1. The third-order valence-corrected chi connectivity index (χ3v) is 4.61. The van der Waals surface area contributed by atoms with Crippen LogP contribution in [0.4, 0.5) is 24.5 Å². The number of nitrogens with zero attached hydrogens (tertiary/aromatic N) is 1. The van der Waals surface area contributed by atoms with Gasteiger partial charge in [-0.2, -0.15) is 17.8 Å². The number of hydrogen-bond acceptors (Lipinski definition) is 5. The minimum atomic E-state index is -4.73. The maximum atomic E-state index is 12.5. The Kier molecular flexibility index (Phi) is 3.96. The highest BCUT2D eigenvalue weighted by atomic mass is 31.2. The monoisotopic (exact) mass is 326 g/mol. The Morgan fingerprint density at radius 2 is 2.05 bits per heavy atom. The fraction of sp³-hybridized carbons (Fsp3) is 0.400. The molecule has 1 atom stereocenters. The summed E-state index contributed by atoms with van der Waals surface area (Å²) in [4.78, 5) is 19.2. The quantitative estimate of drug-likeness (QED) is 0.489. The summed E-state index contributed by atoms with van der Waals surface area (Å²) >= 11 is 0. The second kappa shape index (κ2) is 5.28. The lowest BCUT2D eigenvalue weighted by Crippen LogP contribution is -2.08. The molecule has 0 aliphatic heterocycles. The molecule has 1 aromatic rings. The van der Waals surface area contributed by atoms with Crippen LogP contribution in [0, 0.1) is 10.1 Å². The Labute approximate surface area is 116 Å². The predicted molar refractivity (Wildman–Crippen MR) is 65.7 cm³/mol. The van der Waals surface area contributed by atoms with Crippen molar-refractivity contribution < 1.29 is 32.2 Å². The zero-order chi connectivity index (χ0) is 15.8. The molecule has 2 rings (SSSR count). The van der Waals surface area contributed by atoms with Crippen molar-refractivity contribution in [1.82, 2.24) is 0 Å². The van der Waals surface area contributed by atoms with Crippen LogP contribution in [0.25, 0.3) is 0 Å². The number of nitro benzene ring substituents is 1. The molecule has 0 amide bonds. The van der Waals surface area contributed by atoms with Gasteiger partial charge >= 0.3 is 13.8 Å². The lowest BCUT2D eigenvalue weighted by atomic mass is 10.1. The fourth-order valence-corrected chi connectivity index (χ4v) is 2.72. The average Bonchev–Trinajstić information content (AvgIpc) is 3.19. The molecule has 0 aromatic heterocycles. The van der Waals surface area contributed by atoms with Crippen LogP contribution in [0.5, 0.6) is 0 Å². The lowest BCUT2D eigenvalue weighted by Gasteiger charge is -2.13. The molecule has 2 N–H and O–H groups in total. The van der Waals surface area contributed by atoms with Crippen molar-refractivity contribution in [2.45, 2.75) is 24.7 Å². The van der Waals surface area contributed by atoms with Crippen LogP contribution in [-0.2, 0) is 15.4 Å². The van der Waals surface area contributed by atoms with Gasteiger partial charge in [-0.15, -0.1) is 0 Å². The zero-order valence-electron chi connectivity index (χ0n) is 10.3. The number of rotatable bonds is 5. The summed E-state index contributed by atoms with van der Waals surface area (Å²) in [7, 11) is -3.97. The Balaban J connectivity index is 2.22. The Morgan fingerprint density at radius 1 is 1.43 bits per heavy atom. The molecular formula is C10H10F3N2O5P. The van der Waals surface area contributed by atoms with Gasteiger partial charge in [0.15, 0.2) is 0 Å². The van der Waals surface area contributed by atoms with Crippen LogP contribution < -0.4 is 5.48 Å². The normalized spacial score (nSPS) is 18.1. The summed E-state index contributed by atoms with van der Waals surface area (Å²) in [5.41, 5.74) is -1.16. The van der Waals surface area contributed by atoms with E-state index in [4.69, 9.17) is 0 Å².